The van der Waals surface area contributed by atoms with Crippen LogP contribution in [0.25, 0.3) is 11.0 Å². The number of hydrogen-bond acceptors (Lipinski definition) is 7. The Hall–Kier alpha value is -2.00. The molecule has 1 aliphatic rings. The van der Waals surface area contributed by atoms with E-state index in [-0.39, 0.29) is 0 Å². The van der Waals surface area contributed by atoms with Crippen molar-refractivity contribution in [2.24, 2.45) is 0 Å². The summed E-state index contributed by atoms with van der Waals surface area (Å²) in [6.45, 7) is -0.650. The zero-order valence-electron chi connectivity index (χ0n) is 11.9. The SMILES string of the molecule is O=c1ccc2ccc(N[C@@H]3C(O)OC(CO)[C@@H](F)C3O)cc2o1. The van der Waals surface area contributed by atoms with Gasteiger partial charge >= 0.3 is 5.63 Å². The molecule has 0 bridgehead atoms. The van der Waals surface area contributed by atoms with Crippen LogP contribution in [-0.4, -0.2) is 52.6 Å². The van der Waals surface area contributed by atoms with Gasteiger partial charge in [0.25, 0.3) is 0 Å². The molecule has 124 valence electrons. The van der Waals surface area contributed by atoms with Crippen LogP contribution >= 0.6 is 0 Å². The Morgan fingerprint density at radius 2 is 1.96 bits per heavy atom. The summed E-state index contributed by atoms with van der Waals surface area (Å²) in [4.78, 5) is 11.2. The molecule has 8 heteroatoms. The predicted octanol–water partition coefficient (Wildman–Crippen LogP) is -0.0180. The third-order valence-corrected chi connectivity index (χ3v) is 3.81. The lowest BCUT2D eigenvalue weighted by Crippen LogP contribution is -2.59. The maximum absolute atomic E-state index is 13.9. The summed E-state index contributed by atoms with van der Waals surface area (Å²) in [6, 6.07) is 6.56. The number of rotatable bonds is 3. The maximum atomic E-state index is 13.9. The fraction of sp³-hybridized carbons (Fsp3) is 0.400. The van der Waals surface area contributed by atoms with Gasteiger partial charge in [0.05, 0.1) is 6.61 Å². The number of anilines is 1. The minimum Gasteiger partial charge on any atom is -0.423 e. The minimum absolute atomic E-state index is 0.313. The van der Waals surface area contributed by atoms with E-state index in [2.05, 4.69) is 5.32 Å². The van der Waals surface area contributed by atoms with Gasteiger partial charge in [-0.05, 0) is 18.2 Å². The third-order valence-electron chi connectivity index (χ3n) is 3.81. The Labute approximate surface area is 129 Å². The summed E-state index contributed by atoms with van der Waals surface area (Å²) in [5.41, 5.74) is 0.215. The molecule has 2 aromatic rings. The molecule has 7 nitrogen and oxygen atoms in total. The molecule has 0 amide bonds. The second-order valence-electron chi connectivity index (χ2n) is 5.36. The molecule has 0 spiro atoms. The highest BCUT2D eigenvalue weighted by molar-refractivity contribution is 5.80. The van der Waals surface area contributed by atoms with Crippen molar-refractivity contribution >= 4 is 16.7 Å². The third kappa shape index (κ3) is 3.06. The summed E-state index contributed by atoms with van der Waals surface area (Å²) in [7, 11) is 0. The van der Waals surface area contributed by atoms with Gasteiger partial charge in [0, 0.05) is 23.2 Å². The zero-order chi connectivity index (χ0) is 16.6. The Morgan fingerprint density at radius 1 is 1.22 bits per heavy atom. The first-order valence-electron chi connectivity index (χ1n) is 7.06. The fourth-order valence-corrected chi connectivity index (χ4v) is 2.57. The van der Waals surface area contributed by atoms with Crippen LogP contribution in [0.1, 0.15) is 0 Å². The molecule has 0 radical (unpaired) electrons. The van der Waals surface area contributed by atoms with Crippen molar-refractivity contribution in [2.45, 2.75) is 30.7 Å². The number of benzene rings is 1. The molecule has 1 aliphatic heterocycles. The Balaban J connectivity index is 1.84. The lowest BCUT2D eigenvalue weighted by Gasteiger charge is -2.39. The van der Waals surface area contributed by atoms with Gasteiger partial charge < -0.3 is 29.8 Å². The minimum atomic E-state index is -1.85. The quantitative estimate of drug-likeness (QED) is 0.587. The zero-order valence-corrected chi connectivity index (χ0v) is 11.9. The number of hydrogen-bond donors (Lipinski definition) is 4. The van der Waals surface area contributed by atoms with Crippen molar-refractivity contribution in [2.75, 3.05) is 11.9 Å². The van der Waals surface area contributed by atoms with Crippen LogP contribution in [0.3, 0.4) is 0 Å². The summed E-state index contributed by atoms with van der Waals surface area (Å²) >= 11 is 0. The van der Waals surface area contributed by atoms with Crippen LogP contribution < -0.4 is 10.9 Å². The lowest BCUT2D eigenvalue weighted by molar-refractivity contribution is -0.230. The topological polar surface area (TPSA) is 112 Å². The van der Waals surface area contributed by atoms with Gasteiger partial charge in [-0.25, -0.2) is 9.18 Å². The number of nitrogens with one attached hydrogen (secondary N) is 1. The standard InChI is InChI=1S/C15H16FNO6/c16-12-10(6-18)23-15(21)13(14(12)20)17-8-3-1-7-2-4-11(19)22-9(7)5-8/h1-5,10,12-15,17-18,20-21H,6H2/t10?,12-,13+,14?,15?/m1/s1. The highest BCUT2D eigenvalue weighted by Gasteiger charge is 2.44. The van der Waals surface area contributed by atoms with E-state index in [0.717, 1.165) is 0 Å². The second kappa shape index (κ2) is 6.25. The van der Waals surface area contributed by atoms with Crippen LogP contribution in [-0.2, 0) is 4.74 Å². The van der Waals surface area contributed by atoms with E-state index in [1.807, 2.05) is 0 Å². The summed E-state index contributed by atoms with van der Waals surface area (Å²) < 4.78 is 23.9. The molecule has 4 N–H and O–H groups in total. The molecule has 1 aromatic carbocycles. The molecular formula is C15H16FNO6. The molecule has 1 aromatic heterocycles. The first-order valence-corrected chi connectivity index (χ1v) is 7.06. The number of halogens is 1. The highest BCUT2D eigenvalue weighted by Crippen LogP contribution is 2.26. The largest absolute Gasteiger partial charge is 0.423 e. The Bertz CT molecular complexity index is 750. The van der Waals surface area contributed by atoms with Crippen LogP contribution in [0.4, 0.5) is 10.1 Å². The first kappa shape index (κ1) is 15.9. The van der Waals surface area contributed by atoms with Crippen molar-refractivity contribution in [3.8, 4) is 0 Å². The molecule has 1 fully saturated rings. The monoisotopic (exact) mass is 325 g/mol. The van der Waals surface area contributed by atoms with E-state index < -0.39 is 42.9 Å². The van der Waals surface area contributed by atoms with Crippen molar-refractivity contribution < 1.29 is 28.9 Å². The molecule has 0 aliphatic carbocycles. The lowest BCUT2D eigenvalue weighted by atomic mass is 9.98. The molecule has 2 heterocycles. The Morgan fingerprint density at radius 3 is 2.70 bits per heavy atom. The van der Waals surface area contributed by atoms with Gasteiger partial charge in [-0.3, -0.25) is 0 Å². The molecule has 23 heavy (non-hydrogen) atoms. The van der Waals surface area contributed by atoms with Gasteiger partial charge in [0.15, 0.2) is 12.5 Å². The van der Waals surface area contributed by atoms with Crippen LogP contribution in [0.5, 0.6) is 0 Å². The number of alkyl halides is 1. The highest BCUT2D eigenvalue weighted by atomic mass is 19.1. The van der Waals surface area contributed by atoms with E-state index >= 15 is 0 Å². The van der Waals surface area contributed by atoms with Gasteiger partial charge in [0.2, 0.25) is 0 Å². The van der Waals surface area contributed by atoms with Crippen LogP contribution in [0, 0.1) is 0 Å². The van der Waals surface area contributed by atoms with Gasteiger partial charge in [-0.2, -0.15) is 0 Å². The Kier molecular flexibility index (Phi) is 4.31. The van der Waals surface area contributed by atoms with Crippen molar-refractivity contribution in [1.82, 2.24) is 0 Å². The van der Waals surface area contributed by atoms with E-state index in [9.17, 15) is 19.4 Å². The van der Waals surface area contributed by atoms with E-state index in [4.69, 9.17) is 14.3 Å². The van der Waals surface area contributed by atoms with Crippen molar-refractivity contribution in [1.29, 1.82) is 0 Å². The van der Waals surface area contributed by atoms with E-state index in [0.29, 0.717) is 16.7 Å². The second-order valence-corrected chi connectivity index (χ2v) is 5.36. The maximum Gasteiger partial charge on any atom is 0.336 e. The van der Waals surface area contributed by atoms with Crippen molar-refractivity contribution in [3.05, 3.63) is 40.8 Å². The smallest absolute Gasteiger partial charge is 0.336 e. The molecule has 0 saturated carbocycles. The molecule has 1 saturated heterocycles. The molecule has 3 rings (SSSR count). The molecular weight excluding hydrogens is 309 g/mol. The van der Waals surface area contributed by atoms with Gasteiger partial charge in [0.1, 0.15) is 23.8 Å². The summed E-state index contributed by atoms with van der Waals surface area (Å²) in [5, 5.41) is 32.3. The van der Waals surface area contributed by atoms with E-state index in [1.54, 1.807) is 18.2 Å². The molecule has 5 atom stereocenters. The number of aliphatic hydroxyl groups is 3. The average molecular weight is 325 g/mol. The predicted molar refractivity (Wildman–Crippen MR) is 78.8 cm³/mol. The summed E-state index contributed by atoms with van der Waals surface area (Å²) in [5.74, 6) is 0. The normalized spacial score (nSPS) is 31.2. The number of fused-ring (bicyclic) bond motifs is 1. The average Bonchev–Trinajstić information content (AvgIpc) is 2.54. The van der Waals surface area contributed by atoms with Gasteiger partial charge in [-0.1, -0.05) is 0 Å². The van der Waals surface area contributed by atoms with Crippen LogP contribution in [0.15, 0.2) is 39.5 Å². The van der Waals surface area contributed by atoms with E-state index in [1.165, 1.54) is 12.1 Å². The first-order chi connectivity index (χ1) is 11.0. The number of aliphatic hydroxyl groups excluding tert-OH is 3. The van der Waals surface area contributed by atoms with Gasteiger partial charge in [-0.15, -0.1) is 0 Å². The van der Waals surface area contributed by atoms with Crippen molar-refractivity contribution in [3.63, 3.8) is 0 Å². The fourth-order valence-electron chi connectivity index (χ4n) is 2.57. The molecule has 3 unspecified atom stereocenters. The number of ether oxygens (including phenoxy) is 1. The van der Waals surface area contributed by atoms with Crippen LogP contribution in [0.2, 0.25) is 0 Å². The summed E-state index contributed by atoms with van der Waals surface area (Å²) in [6.07, 6.45) is -6.21.